The van der Waals surface area contributed by atoms with Crippen molar-refractivity contribution < 1.29 is 9.59 Å². The summed E-state index contributed by atoms with van der Waals surface area (Å²) in [6.45, 7) is 1.18. The number of aromatic nitrogens is 2. The molecule has 2 amide bonds. The molecule has 0 unspecified atom stereocenters. The second-order valence-corrected chi connectivity index (χ2v) is 6.66. The lowest BCUT2D eigenvalue weighted by atomic mass is 10.0. The zero-order valence-corrected chi connectivity index (χ0v) is 13.8. The van der Waals surface area contributed by atoms with E-state index in [-0.39, 0.29) is 11.8 Å². The predicted octanol–water partition coefficient (Wildman–Crippen LogP) is 1.95. The Morgan fingerprint density at radius 2 is 2.25 bits per heavy atom. The molecule has 2 N–H and O–H groups in total. The first-order chi connectivity index (χ1) is 11.6. The van der Waals surface area contributed by atoms with Gasteiger partial charge in [0, 0.05) is 23.7 Å². The van der Waals surface area contributed by atoms with Crippen molar-refractivity contribution >= 4 is 23.4 Å². The summed E-state index contributed by atoms with van der Waals surface area (Å²) in [4.78, 5) is 24.9. The van der Waals surface area contributed by atoms with Gasteiger partial charge in [-0.2, -0.15) is 5.10 Å². The molecule has 0 spiro atoms. The van der Waals surface area contributed by atoms with Gasteiger partial charge in [0.15, 0.2) is 5.69 Å². The molecule has 2 aromatic rings. The molecular weight excluding hydrogens is 328 g/mol. The van der Waals surface area contributed by atoms with Crippen molar-refractivity contribution in [2.75, 3.05) is 13.1 Å². The molecule has 124 valence electrons. The van der Waals surface area contributed by atoms with Gasteiger partial charge in [-0.1, -0.05) is 17.7 Å². The van der Waals surface area contributed by atoms with Gasteiger partial charge in [-0.25, -0.2) is 4.68 Å². The van der Waals surface area contributed by atoms with E-state index in [1.807, 2.05) is 6.07 Å². The highest BCUT2D eigenvalue weighted by Crippen LogP contribution is 2.28. The summed E-state index contributed by atoms with van der Waals surface area (Å²) in [5.74, 6) is 0.154. The van der Waals surface area contributed by atoms with Gasteiger partial charge in [0.25, 0.3) is 11.8 Å². The number of rotatable bonds is 4. The predicted molar refractivity (Wildman–Crippen MR) is 89.7 cm³/mol. The number of hydrogen-bond acceptors (Lipinski definition) is 3. The van der Waals surface area contributed by atoms with Crippen molar-refractivity contribution in [3.8, 4) is 5.69 Å². The fraction of sp³-hybridized carbons (Fsp3) is 0.353. The molecule has 0 atom stereocenters. The molecule has 4 rings (SSSR count). The van der Waals surface area contributed by atoms with Crippen molar-refractivity contribution in [3.63, 3.8) is 0 Å². The highest BCUT2D eigenvalue weighted by atomic mass is 35.5. The summed E-state index contributed by atoms with van der Waals surface area (Å²) in [5.41, 5.74) is 2.12. The van der Waals surface area contributed by atoms with E-state index in [4.69, 9.17) is 11.6 Å². The van der Waals surface area contributed by atoms with Crippen molar-refractivity contribution in [2.24, 2.45) is 5.92 Å². The fourth-order valence-corrected chi connectivity index (χ4v) is 3.11. The minimum atomic E-state index is -0.218. The number of nitrogens with zero attached hydrogens (tertiary/aromatic N) is 2. The summed E-state index contributed by atoms with van der Waals surface area (Å²) in [5, 5.41) is 10.7. The van der Waals surface area contributed by atoms with Crippen molar-refractivity contribution in [1.29, 1.82) is 0 Å². The van der Waals surface area contributed by atoms with E-state index < -0.39 is 0 Å². The van der Waals surface area contributed by atoms with Gasteiger partial charge in [-0.3, -0.25) is 9.59 Å². The average molecular weight is 345 g/mol. The van der Waals surface area contributed by atoms with Crippen LogP contribution in [-0.4, -0.2) is 34.7 Å². The molecule has 1 saturated carbocycles. The summed E-state index contributed by atoms with van der Waals surface area (Å²) >= 11 is 6.05. The van der Waals surface area contributed by atoms with Crippen LogP contribution in [0.5, 0.6) is 0 Å². The minimum absolute atomic E-state index is 0.214. The third-order valence-corrected chi connectivity index (χ3v) is 4.61. The lowest BCUT2D eigenvalue weighted by molar-refractivity contribution is 0.0937. The number of fused-ring (bicyclic) bond motifs is 1. The topological polar surface area (TPSA) is 76.0 Å². The molecule has 7 heteroatoms. The summed E-state index contributed by atoms with van der Waals surface area (Å²) in [6, 6.07) is 7.08. The van der Waals surface area contributed by atoms with E-state index in [9.17, 15) is 9.59 Å². The molecule has 6 nitrogen and oxygen atoms in total. The Morgan fingerprint density at radius 1 is 1.42 bits per heavy atom. The summed E-state index contributed by atoms with van der Waals surface area (Å²) in [6.07, 6.45) is 2.92. The molecular formula is C17H17ClN4O2. The highest BCUT2D eigenvalue weighted by molar-refractivity contribution is 6.30. The van der Waals surface area contributed by atoms with Crippen LogP contribution in [0.1, 0.15) is 39.4 Å². The van der Waals surface area contributed by atoms with Gasteiger partial charge < -0.3 is 10.6 Å². The van der Waals surface area contributed by atoms with E-state index in [0.29, 0.717) is 53.1 Å². The Bertz CT molecular complexity index is 826. The Balaban J connectivity index is 1.76. The maximum Gasteiger partial charge on any atom is 0.272 e. The first kappa shape index (κ1) is 15.2. The average Bonchev–Trinajstić information content (AvgIpc) is 3.31. The van der Waals surface area contributed by atoms with Crippen molar-refractivity contribution in [1.82, 2.24) is 20.4 Å². The molecule has 0 radical (unpaired) electrons. The van der Waals surface area contributed by atoms with Crippen molar-refractivity contribution in [3.05, 3.63) is 46.2 Å². The van der Waals surface area contributed by atoms with E-state index >= 15 is 0 Å². The summed E-state index contributed by atoms with van der Waals surface area (Å²) < 4.78 is 1.52. The number of amides is 2. The third kappa shape index (κ3) is 2.78. The lowest BCUT2D eigenvalue weighted by Gasteiger charge is -2.15. The molecule has 1 aromatic carbocycles. The normalized spacial score (nSPS) is 16.5. The van der Waals surface area contributed by atoms with Crippen LogP contribution in [0.3, 0.4) is 0 Å². The zero-order valence-electron chi connectivity index (χ0n) is 13.0. The van der Waals surface area contributed by atoms with E-state index in [1.165, 1.54) is 4.68 Å². The monoisotopic (exact) mass is 344 g/mol. The highest BCUT2D eigenvalue weighted by Gasteiger charge is 2.31. The molecule has 1 fully saturated rings. The van der Waals surface area contributed by atoms with Gasteiger partial charge in [-0.15, -0.1) is 0 Å². The zero-order chi connectivity index (χ0) is 16.7. The number of carbonyl (C=O) groups is 2. The van der Waals surface area contributed by atoms with Crippen LogP contribution in [0, 0.1) is 5.92 Å². The number of hydrogen-bond donors (Lipinski definition) is 2. The van der Waals surface area contributed by atoms with Crippen LogP contribution in [0.2, 0.25) is 5.02 Å². The van der Waals surface area contributed by atoms with Gasteiger partial charge in [0.1, 0.15) is 5.69 Å². The minimum Gasteiger partial charge on any atom is -0.350 e. The Labute approximate surface area is 144 Å². The molecule has 2 aliphatic rings. The molecule has 0 bridgehead atoms. The quantitative estimate of drug-likeness (QED) is 0.890. The standard InChI is InChI=1S/C17H17ClN4O2/c18-11-2-1-3-12(8-11)22-15-13(6-7-19-17(15)24)14(21-22)16(23)20-9-10-4-5-10/h1-3,8,10H,4-7,9H2,(H,19,24)(H,20,23). The van der Waals surface area contributed by atoms with Crippen LogP contribution in [0.4, 0.5) is 0 Å². The van der Waals surface area contributed by atoms with Gasteiger partial charge in [0.2, 0.25) is 0 Å². The van der Waals surface area contributed by atoms with Gasteiger partial charge in [0.05, 0.1) is 5.69 Å². The van der Waals surface area contributed by atoms with Crippen LogP contribution < -0.4 is 10.6 Å². The molecule has 1 aliphatic heterocycles. The van der Waals surface area contributed by atoms with Gasteiger partial charge >= 0.3 is 0 Å². The van der Waals surface area contributed by atoms with E-state index in [0.717, 1.165) is 12.8 Å². The molecule has 24 heavy (non-hydrogen) atoms. The lowest BCUT2D eigenvalue weighted by Crippen LogP contribution is -2.34. The molecule has 1 aromatic heterocycles. The largest absolute Gasteiger partial charge is 0.350 e. The van der Waals surface area contributed by atoms with Gasteiger partial charge in [-0.05, 0) is 43.4 Å². The third-order valence-electron chi connectivity index (χ3n) is 4.38. The number of benzene rings is 1. The maximum absolute atomic E-state index is 12.5. The molecule has 1 aliphatic carbocycles. The van der Waals surface area contributed by atoms with Crippen LogP contribution in [0.25, 0.3) is 5.69 Å². The Kier molecular flexibility index (Phi) is 3.76. The van der Waals surface area contributed by atoms with Crippen LogP contribution >= 0.6 is 11.6 Å². The Hall–Kier alpha value is -2.34. The Morgan fingerprint density at radius 3 is 3.00 bits per heavy atom. The van der Waals surface area contributed by atoms with Crippen LogP contribution in [0.15, 0.2) is 24.3 Å². The molecule has 0 saturated heterocycles. The number of carbonyl (C=O) groups excluding carboxylic acids is 2. The van der Waals surface area contributed by atoms with Crippen molar-refractivity contribution in [2.45, 2.75) is 19.3 Å². The smallest absolute Gasteiger partial charge is 0.272 e. The number of nitrogens with one attached hydrogen (secondary N) is 2. The summed E-state index contributed by atoms with van der Waals surface area (Å²) in [7, 11) is 0. The van der Waals surface area contributed by atoms with E-state index in [2.05, 4.69) is 15.7 Å². The SMILES string of the molecule is O=C(NCC1CC1)c1nn(-c2cccc(Cl)c2)c2c1CCNC2=O. The first-order valence-electron chi connectivity index (χ1n) is 8.07. The fourth-order valence-electron chi connectivity index (χ4n) is 2.93. The second-order valence-electron chi connectivity index (χ2n) is 6.23. The first-order valence-corrected chi connectivity index (χ1v) is 8.45. The number of halogens is 1. The maximum atomic E-state index is 12.5. The molecule has 2 heterocycles. The second kappa shape index (κ2) is 5.94. The van der Waals surface area contributed by atoms with Crippen LogP contribution in [-0.2, 0) is 6.42 Å². The van der Waals surface area contributed by atoms with E-state index in [1.54, 1.807) is 18.2 Å².